The van der Waals surface area contributed by atoms with Gasteiger partial charge in [0.2, 0.25) is 0 Å². The molecule has 0 aliphatic rings. The van der Waals surface area contributed by atoms with E-state index in [1.54, 1.807) is 0 Å². The quantitative estimate of drug-likeness (QED) is 0.429. The lowest BCUT2D eigenvalue weighted by Gasteiger charge is -2.20. The van der Waals surface area contributed by atoms with Crippen molar-refractivity contribution in [3.63, 3.8) is 0 Å². The molecule has 2 aromatic rings. The highest BCUT2D eigenvalue weighted by atomic mass is 31.2. The van der Waals surface area contributed by atoms with Crippen LogP contribution in [0.3, 0.4) is 0 Å². The van der Waals surface area contributed by atoms with Crippen LogP contribution in [0.4, 0.5) is 0 Å². The van der Waals surface area contributed by atoms with Gasteiger partial charge in [0, 0.05) is 0 Å². The number of hydrogen-bond acceptors (Lipinski definition) is 3. The fourth-order valence-electron chi connectivity index (χ4n) is 2.27. The van der Waals surface area contributed by atoms with Gasteiger partial charge in [0.15, 0.2) is 0 Å². The van der Waals surface area contributed by atoms with Crippen LogP contribution in [0.2, 0.25) is 0 Å². The van der Waals surface area contributed by atoms with E-state index in [1.807, 2.05) is 60.7 Å². The summed E-state index contributed by atoms with van der Waals surface area (Å²) < 4.78 is 17.9. The van der Waals surface area contributed by atoms with Crippen molar-refractivity contribution in [1.82, 2.24) is 0 Å². The molecule has 0 N–H and O–H groups in total. The normalized spacial score (nSPS) is 12.1. The maximum absolute atomic E-state index is 6.02. The highest BCUT2D eigenvalue weighted by Gasteiger charge is 2.19. The number of rotatable bonds is 11. The summed E-state index contributed by atoms with van der Waals surface area (Å²) in [7, 11) is -1.47. The average molecular weight is 346 g/mol. The predicted octanol–water partition coefficient (Wildman–Crippen LogP) is 6.60. The fraction of sp³-hybridized carbons (Fsp3) is 0.400. The van der Waals surface area contributed by atoms with E-state index in [4.69, 9.17) is 13.6 Å². The van der Waals surface area contributed by atoms with Gasteiger partial charge in [-0.2, -0.15) is 0 Å². The number of benzene rings is 2. The third-order valence-electron chi connectivity index (χ3n) is 3.81. The van der Waals surface area contributed by atoms with E-state index in [0.717, 1.165) is 17.9 Å². The lowest BCUT2D eigenvalue weighted by atomic mass is 10.0. The summed E-state index contributed by atoms with van der Waals surface area (Å²) in [6, 6.07) is 19.4. The van der Waals surface area contributed by atoms with E-state index in [1.165, 1.54) is 19.3 Å². The molecule has 0 spiro atoms. The number of unbranched alkanes of at least 4 members (excludes halogenated alkanes) is 1. The van der Waals surface area contributed by atoms with Crippen LogP contribution < -0.4 is 9.05 Å². The minimum atomic E-state index is -1.47. The lowest BCUT2D eigenvalue weighted by molar-refractivity contribution is 0.208. The van der Waals surface area contributed by atoms with Gasteiger partial charge in [-0.25, -0.2) is 0 Å². The molecule has 0 fully saturated rings. The van der Waals surface area contributed by atoms with Gasteiger partial charge in [-0.15, -0.1) is 0 Å². The van der Waals surface area contributed by atoms with Gasteiger partial charge in [0.05, 0.1) is 6.61 Å². The summed E-state index contributed by atoms with van der Waals surface area (Å²) in [5, 5.41) is 0. The molecule has 1 atom stereocenters. The molecule has 130 valence electrons. The van der Waals surface area contributed by atoms with E-state index in [2.05, 4.69) is 13.8 Å². The van der Waals surface area contributed by atoms with Crippen LogP contribution in [0.1, 0.15) is 39.5 Å². The minimum Gasteiger partial charge on any atom is -0.418 e. The monoisotopic (exact) mass is 346 g/mol. The first kappa shape index (κ1) is 18.8. The van der Waals surface area contributed by atoms with Crippen molar-refractivity contribution in [2.45, 2.75) is 39.5 Å². The highest BCUT2D eigenvalue weighted by Crippen LogP contribution is 2.42. The molecule has 0 amide bonds. The van der Waals surface area contributed by atoms with Crippen molar-refractivity contribution in [3.8, 4) is 11.5 Å². The Morgan fingerprint density at radius 3 is 1.83 bits per heavy atom. The number of para-hydroxylation sites is 2. The molecule has 3 nitrogen and oxygen atoms in total. The van der Waals surface area contributed by atoms with Crippen molar-refractivity contribution in [3.05, 3.63) is 60.7 Å². The Morgan fingerprint density at radius 2 is 1.38 bits per heavy atom. The Hall–Kier alpha value is -1.57. The Morgan fingerprint density at radius 1 is 0.833 bits per heavy atom. The molecule has 0 aliphatic heterocycles. The smallest absolute Gasteiger partial charge is 0.418 e. The van der Waals surface area contributed by atoms with E-state index < -0.39 is 8.60 Å². The third kappa shape index (κ3) is 6.90. The Labute approximate surface area is 147 Å². The van der Waals surface area contributed by atoms with Crippen molar-refractivity contribution >= 4 is 8.60 Å². The lowest BCUT2D eigenvalue weighted by Crippen LogP contribution is -2.10. The van der Waals surface area contributed by atoms with Gasteiger partial charge >= 0.3 is 8.60 Å². The molecule has 0 saturated carbocycles. The molecular weight excluding hydrogens is 319 g/mol. The standard InChI is InChI=1S/C20H27O3P/c1-3-5-12-18(4-2)17-21-24(22-19-13-8-6-9-14-19)23-20-15-10-7-11-16-20/h6-11,13-16,18H,3-5,12,17H2,1-2H3/t18-/m1/s1. The van der Waals surface area contributed by atoms with Crippen molar-refractivity contribution in [2.75, 3.05) is 6.61 Å². The molecular formula is C20H27O3P. The number of hydrogen-bond donors (Lipinski definition) is 0. The third-order valence-corrected chi connectivity index (χ3v) is 4.88. The summed E-state index contributed by atoms with van der Waals surface area (Å²) in [5.41, 5.74) is 0. The van der Waals surface area contributed by atoms with E-state index in [-0.39, 0.29) is 0 Å². The second-order valence-corrected chi connectivity index (χ2v) is 6.82. The Balaban J connectivity index is 1.96. The topological polar surface area (TPSA) is 27.7 Å². The van der Waals surface area contributed by atoms with Gasteiger partial charge < -0.3 is 9.05 Å². The van der Waals surface area contributed by atoms with Crippen molar-refractivity contribution in [2.24, 2.45) is 5.92 Å². The second-order valence-electron chi connectivity index (χ2n) is 5.74. The summed E-state index contributed by atoms with van der Waals surface area (Å²) in [5.74, 6) is 2.08. The van der Waals surface area contributed by atoms with E-state index in [9.17, 15) is 0 Å². The molecule has 2 aromatic carbocycles. The predicted molar refractivity (Wildman–Crippen MR) is 100 cm³/mol. The molecule has 0 unspecified atom stereocenters. The van der Waals surface area contributed by atoms with Gasteiger partial charge in [-0.05, 0) is 36.6 Å². The second kappa shape index (κ2) is 11.1. The zero-order valence-corrected chi connectivity index (χ0v) is 15.5. The van der Waals surface area contributed by atoms with Crippen LogP contribution in [0.5, 0.6) is 11.5 Å². The maximum Gasteiger partial charge on any atom is 0.463 e. The van der Waals surface area contributed by atoms with Gasteiger partial charge in [0.1, 0.15) is 11.5 Å². The van der Waals surface area contributed by atoms with E-state index >= 15 is 0 Å². The van der Waals surface area contributed by atoms with Crippen molar-refractivity contribution < 1.29 is 13.6 Å². The SMILES string of the molecule is CCCC[C@@H](CC)COP(Oc1ccccc1)Oc1ccccc1. The van der Waals surface area contributed by atoms with Crippen LogP contribution in [-0.2, 0) is 4.52 Å². The molecule has 24 heavy (non-hydrogen) atoms. The van der Waals surface area contributed by atoms with Crippen LogP contribution in [0, 0.1) is 5.92 Å². The largest absolute Gasteiger partial charge is 0.463 e. The first-order chi connectivity index (χ1) is 11.8. The zero-order valence-electron chi connectivity index (χ0n) is 14.6. The Kier molecular flexibility index (Phi) is 8.65. The van der Waals surface area contributed by atoms with Crippen LogP contribution >= 0.6 is 8.60 Å². The van der Waals surface area contributed by atoms with Crippen molar-refractivity contribution in [1.29, 1.82) is 0 Å². The fourth-order valence-corrected chi connectivity index (χ4v) is 3.33. The maximum atomic E-state index is 6.02. The van der Waals surface area contributed by atoms with Crippen LogP contribution in [0.25, 0.3) is 0 Å². The van der Waals surface area contributed by atoms with Crippen LogP contribution in [0.15, 0.2) is 60.7 Å². The molecule has 0 saturated heterocycles. The first-order valence-corrected chi connectivity index (χ1v) is 9.80. The molecule has 0 aromatic heterocycles. The minimum absolute atomic E-state index is 0.550. The van der Waals surface area contributed by atoms with Crippen LogP contribution in [-0.4, -0.2) is 6.61 Å². The molecule has 4 heteroatoms. The Bertz CT molecular complexity index is 506. The molecule has 0 aliphatic carbocycles. The first-order valence-electron chi connectivity index (χ1n) is 8.70. The van der Waals surface area contributed by atoms with Gasteiger partial charge in [0.25, 0.3) is 0 Å². The zero-order chi connectivity index (χ0) is 17.0. The highest BCUT2D eigenvalue weighted by molar-refractivity contribution is 7.42. The molecule has 0 bridgehead atoms. The molecule has 2 rings (SSSR count). The summed E-state index contributed by atoms with van der Waals surface area (Å²) >= 11 is 0. The summed E-state index contributed by atoms with van der Waals surface area (Å²) in [4.78, 5) is 0. The van der Waals surface area contributed by atoms with E-state index in [0.29, 0.717) is 12.5 Å². The summed E-state index contributed by atoms with van der Waals surface area (Å²) in [6.07, 6.45) is 4.75. The average Bonchev–Trinajstić information content (AvgIpc) is 2.63. The summed E-state index contributed by atoms with van der Waals surface area (Å²) in [6.45, 7) is 5.10. The van der Waals surface area contributed by atoms with Gasteiger partial charge in [-0.3, -0.25) is 4.52 Å². The molecule has 0 radical (unpaired) electrons. The molecule has 0 heterocycles. The van der Waals surface area contributed by atoms with Gasteiger partial charge in [-0.1, -0.05) is 69.5 Å².